The van der Waals surface area contributed by atoms with Crippen molar-refractivity contribution in [2.24, 2.45) is 0 Å². The number of hydrogen-bond acceptors (Lipinski definition) is 3. The minimum Gasteiger partial charge on any atom is -0.493 e. The van der Waals surface area contributed by atoms with E-state index in [0.29, 0.717) is 12.6 Å². The van der Waals surface area contributed by atoms with Crippen molar-refractivity contribution < 1.29 is 4.74 Å². The molecule has 0 aliphatic carbocycles. The number of imidazole rings is 1. The van der Waals surface area contributed by atoms with Crippen LogP contribution in [0.4, 0.5) is 0 Å². The van der Waals surface area contributed by atoms with Crippen LogP contribution < -0.4 is 10.1 Å². The highest BCUT2D eigenvalue weighted by Gasteiger charge is 2.17. The molecule has 21 heavy (non-hydrogen) atoms. The molecule has 1 aliphatic rings. The van der Waals surface area contributed by atoms with Gasteiger partial charge in [0, 0.05) is 5.56 Å². The molecule has 1 saturated heterocycles. The molecule has 1 atom stereocenters. The van der Waals surface area contributed by atoms with Crippen molar-refractivity contribution in [1.82, 2.24) is 15.3 Å². The van der Waals surface area contributed by atoms with E-state index in [0.717, 1.165) is 35.8 Å². The Hall–Kier alpha value is -1.81. The molecule has 4 nitrogen and oxygen atoms in total. The molecule has 2 aromatic rings. The zero-order valence-corrected chi connectivity index (χ0v) is 12.6. The maximum absolute atomic E-state index is 5.70. The first-order chi connectivity index (χ1) is 10.4. The van der Waals surface area contributed by atoms with E-state index in [2.05, 4.69) is 21.4 Å². The van der Waals surface area contributed by atoms with E-state index < -0.39 is 0 Å². The lowest BCUT2D eigenvalue weighted by Crippen LogP contribution is -2.21. The summed E-state index contributed by atoms with van der Waals surface area (Å²) in [4.78, 5) is 8.06. The van der Waals surface area contributed by atoms with Gasteiger partial charge in [0.1, 0.15) is 11.6 Å². The topological polar surface area (TPSA) is 49.9 Å². The van der Waals surface area contributed by atoms with E-state index in [1.54, 1.807) is 0 Å². The summed E-state index contributed by atoms with van der Waals surface area (Å²) in [6.07, 6.45) is 6.91. The molecule has 1 aromatic heterocycles. The molecule has 112 valence electrons. The van der Waals surface area contributed by atoms with Crippen LogP contribution in [0.2, 0.25) is 0 Å². The number of nitrogens with one attached hydrogen (secondary N) is 2. The average Bonchev–Trinajstić information content (AvgIpc) is 2.84. The van der Waals surface area contributed by atoms with Gasteiger partial charge >= 0.3 is 0 Å². The number of aromatic amines is 1. The van der Waals surface area contributed by atoms with E-state index in [9.17, 15) is 0 Å². The highest BCUT2D eigenvalue weighted by atomic mass is 16.5. The summed E-state index contributed by atoms with van der Waals surface area (Å²) >= 11 is 0. The zero-order valence-electron chi connectivity index (χ0n) is 12.6. The lowest BCUT2D eigenvalue weighted by Gasteiger charge is -2.13. The van der Waals surface area contributed by atoms with Gasteiger partial charge < -0.3 is 15.0 Å². The van der Waals surface area contributed by atoms with E-state index in [1.165, 1.54) is 19.3 Å². The normalized spacial score (nSPS) is 19.2. The molecule has 0 saturated carbocycles. The van der Waals surface area contributed by atoms with Gasteiger partial charge in [-0.25, -0.2) is 4.98 Å². The third kappa shape index (κ3) is 3.27. The standard InChI is InChI=1S/C17H23N3O/c1-2-21-16-10-6-5-8-13(16)15-12-19-17(20-15)14-9-4-3-7-11-18-14/h5-6,8,10,12,14,18H,2-4,7,9,11H2,1H3,(H,19,20). The second-order valence-corrected chi connectivity index (χ2v) is 5.47. The summed E-state index contributed by atoms with van der Waals surface area (Å²) < 4.78 is 5.70. The Balaban J connectivity index is 1.84. The second-order valence-electron chi connectivity index (χ2n) is 5.47. The summed E-state index contributed by atoms with van der Waals surface area (Å²) in [5.74, 6) is 1.95. The number of ether oxygens (including phenoxy) is 1. The largest absolute Gasteiger partial charge is 0.493 e. The number of rotatable bonds is 4. The van der Waals surface area contributed by atoms with Crippen LogP contribution in [-0.2, 0) is 0 Å². The van der Waals surface area contributed by atoms with Crippen molar-refractivity contribution >= 4 is 0 Å². The number of aromatic nitrogens is 2. The Morgan fingerprint density at radius 1 is 1.24 bits per heavy atom. The Kier molecular flexibility index (Phi) is 4.55. The van der Waals surface area contributed by atoms with Crippen LogP contribution >= 0.6 is 0 Å². The molecule has 1 fully saturated rings. The van der Waals surface area contributed by atoms with Gasteiger partial charge in [-0.3, -0.25) is 0 Å². The highest BCUT2D eigenvalue weighted by molar-refractivity contribution is 5.66. The minimum absolute atomic E-state index is 0.348. The first-order valence-electron chi connectivity index (χ1n) is 7.89. The molecule has 4 heteroatoms. The van der Waals surface area contributed by atoms with Crippen molar-refractivity contribution in [3.8, 4) is 17.0 Å². The van der Waals surface area contributed by atoms with E-state index in [4.69, 9.17) is 4.74 Å². The number of nitrogens with zero attached hydrogens (tertiary/aromatic N) is 1. The summed E-state index contributed by atoms with van der Waals surface area (Å²) in [7, 11) is 0. The van der Waals surface area contributed by atoms with Gasteiger partial charge in [0.25, 0.3) is 0 Å². The summed E-state index contributed by atoms with van der Waals surface area (Å²) in [6, 6.07) is 8.45. The third-order valence-electron chi connectivity index (χ3n) is 3.96. The van der Waals surface area contributed by atoms with Gasteiger partial charge in [0.05, 0.1) is 24.5 Å². The Labute approximate surface area is 125 Å². The number of para-hydroxylation sites is 1. The lowest BCUT2D eigenvalue weighted by molar-refractivity contribution is 0.341. The van der Waals surface area contributed by atoms with Crippen LogP contribution in [0.3, 0.4) is 0 Å². The van der Waals surface area contributed by atoms with Gasteiger partial charge in [0.15, 0.2) is 0 Å². The quantitative estimate of drug-likeness (QED) is 0.901. The van der Waals surface area contributed by atoms with Gasteiger partial charge in [-0.15, -0.1) is 0 Å². The first kappa shape index (κ1) is 14.1. The summed E-state index contributed by atoms with van der Waals surface area (Å²) in [5, 5.41) is 3.58. The van der Waals surface area contributed by atoms with Crippen LogP contribution in [0, 0.1) is 0 Å². The van der Waals surface area contributed by atoms with Crippen molar-refractivity contribution in [3.05, 3.63) is 36.3 Å². The first-order valence-corrected chi connectivity index (χ1v) is 7.89. The summed E-state index contributed by atoms with van der Waals surface area (Å²) in [6.45, 7) is 3.75. The fourth-order valence-electron chi connectivity index (χ4n) is 2.88. The Morgan fingerprint density at radius 2 is 2.14 bits per heavy atom. The predicted octanol–water partition coefficient (Wildman–Crippen LogP) is 3.68. The van der Waals surface area contributed by atoms with E-state index >= 15 is 0 Å². The molecule has 0 bridgehead atoms. The molecular formula is C17H23N3O. The molecule has 1 unspecified atom stereocenters. The smallest absolute Gasteiger partial charge is 0.128 e. The van der Waals surface area contributed by atoms with Gasteiger partial charge in [0.2, 0.25) is 0 Å². The maximum atomic E-state index is 5.70. The molecule has 2 heterocycles. The molecule has 1 aliphatic heterocycles. The molecular weight excluding hydrogens is 262 g/mol. The van der Waals surface area contributed by atoms with E-state index in [1.807, 2.05) is 31.3 Å². The number of benzene rings is 1. The molecule has 2 N–H and O–H groups in total. The van der Waals surface area contributed by atoms with Crippen LogP contribution in [0.15, 0.2) is 30.5 Å². The van der Waals surface area contributed by atoms with Crippen LogP contribution in [-0.4, -0.2) is 23.1 Å². The van der Waals surface area contributed by atoms with Crippen LogP contribution in [0.5, 0.6) is 5.75 Å². The number of H-pyrrole nitrogens is 1. The third-order valence-corrected chi connectivity index (χ3v) is 3.96. The Morgan fingerprint density at radius 3 is 3.05 bits per heavy atom. The van der Waals surface area contributed by atoms with Crippen LogP contribution in [0.25, 0.3) is 11.3 Å². The Bertz CT molecular complexity index is 571. The maximum Gasteiger partial charge on any atom is 0.128 e. The molecule has 0 radical (unpaired) electrons. The van der Waals surface area contributed by atoms with Gasteiger partial charge in [-0.05, 0) is 38.4 Å². The summed E-state index contributed by atoms with van der Waals surface area (Å²) in [5.41, 5.74) is 2.10. The van der Waals surface area contributed by atoms with Gasteiger partial charge in [-0.2, -0.15) is 0 Å². The molecule has 3 rings (SSSR count). The van der Waals surface area contributed by atoms with E-state index in [-0.39, 0.29) is 0 Å². The average molecular weight is 285 g/mol. The van der Waals surface area contributed by atoms with Crippen molar-refractivity contribution in [3.63, 3.8) is 0 Å². The minimum atomic E-state index is 0.348. The fourth-order valence-corrected chi connectivity index (χ4v) is 2.88. The lowest BCUT2D eigenvalue weighted by atomic mass is 10.1. The fraction of sp³-hybridized carbons (Fsp3) is 0.471. The van der Waals surface area contributed by atoms with Crippen molar-refractivity contribution in [2.45, 2.75) is 38.6 Å². The monoisotopic (exact) mass is 285 g/mol. The van der Waals surface area contributed by atoms with Crippen molar-refractivity contribution in [2.75, 3.05) is 13.2 Å². The zero-order chi connectivity index (χ0) is 14.5. The predicted molar refractivity (Wildman–Crippen MR) is 84.4 cm³/mol. The molecule has 1 aromatic carbocycles. The molecule has 0 spiro atoms. The number of hydrogen-bond donors (Lipinski definition) is 2. The van der Waals surface area contributed by atoms with Crippen LogP contribution in [0.1, 0.15) is 44.5 Å². The second kappa shape index (κ2) is 6.76. The van der Waals surface area contributed by atoms with Crippen molar-refractivity contribution in [1.29, 1.82) is 0 Å². The van der Waals surface area contributed by atoms with Gasteiger partial charge in [-0.1, -0.05) is 25.0 Å². The highest BCUT2D eigenvalue weighted by Crippen LogP contribution is 2.30. The SMILES string of the molecule is CCOc1ccccc1-c1cnc(C2CCCCCN2)[nH]1. The molecule has 0 amide bonds.